The van der Waals surface area contributed by atoms with Crippen molar-refractivity contribution in [1.82, 2.24) is 10.3 Å². The summed E-state index contributed by atoms with van der Waals surface area (Å²) in [7, 11) is 0. The van der Waals surface area contributed by atoms with Gasteiger partial charge in [-0.1, -0.05) is 0 Å². The Morgan fingerprint density at radius 1 is 1.57 bits per heavy atom. The van der Waals surface area contributed by atoms with Gasteiger partial charge in [-0.3, -0.25) is 0 Å². The maximum atomic E-state index is 4.29. The van der Waals surface area contributed by atoms with Crippen molar-refractivity contribution in [2.75, 3.05) is 18.4 Å². The first-order chi connectivity index (χ1) is 6.86. The molecule has 14 heavy (non-hydrogen) atoms. The average Bonchev–Trinajstić information content (AvgIpc) is 2.23. The topological polar surface area (TPSA) is 37.0 Å². The third-order valence-corrected chi connectivity index (χ3v) is 3.04. The summed E-state index contributed by atoms with van der Waals surface area (Å²) in [6.45, 7) is 2.17. The van der Waals surface area contributed by atoms with Gasteiger partial charge in [-0.15, -0.1) is 0 Å². The number of hydrogen-bond donors (Lipinski definition) is 2. The second-order valence-electron chi connectivity index (χ2n) is 3.52. The maximum Gasteiger partial charge on any atom is 0.140 e. The third-order valence-electron chi connectivity index (χ3n) is 2.40. The van der Waals surface area contributed by atoms with Gasteiger partial charge in [0, 0.05) is 18.8 Å². The molecule has 0 amide bonds. The minimum absolute atomic E-state index is 0.509. The van der Waals surface area contributed by atoms with Gasteiger partial charge in [0.1, 0.15) is 5.82 Å². The lowest BCUT2D eigenvalue weighted by Crippen LogP contribution is -2.38. The molecular formula is C10H14BrN3. The highest BCUT2D eigenvalue weighted by molar-refractivity contribution is 9.10. The van der Waals surface area contributed by atoms with E-state index in [9.17, 15) is 0 Å². The molecule has 1 atom stereocenters. The molecule has 1 saturated heterocycles. The molecule has 2 N–H and O–H groups in total. The first-order valence-corrected chi connectivity index (χ1v) is 5.73. The van der Waals surface area contributed by atoms with Crippen LogP contribution in [0.4, 0.5) is 5.82 Å². The van der Waals surface area contributed by atoms with Gasteiger partial charge in [0.05, 0.1) is 4.47 Å². The Balaban J connectivity index is 1.99. The van der Waals surface area contributed by atoms with Crippen LogP contribution >= 0.6 is 15.9 Å². The number of pyridine rings is 1. The number of halogens is 1. The van der Waals surface area contributed by atoms with E-state index in [1.54, 1.807) is 0 Å². The van der Waals surface area contributed by atoms with E-state index in [-0.39, 0.29) is 0 Å². The molecule has 1 aliphatic heterocycles. The van der Waals surface area contributed by atoms with Crippen molar-refractivity contribution >= 4 is 21.7 Å². The fourth-order valence-electron chi connectivity index (χ4n) is 1.66. The van der Waals surface area contributed by atoms with E-state index >= 15 is 0 Å². The lowest BCUT2D eigenvalue weighted by Gasteiger charge is -2.24. The Labute approximate surface area is 92.4 Å². The molecule has 1 aromatic heterocycles. The predicted molar refractivity (Wildman–Crippen MR) is 61.5 cm³/mol. The van der Waals surface area contributed by atoms with Gasteiger partial charge in [0.15, 0.2) is 0 Å². The molecule has 0 aromatic carbocycles. The second-order valence-corrected chi connectivity index (χ2v) is 4.38. The summed E-state index contributed by atoms with van der Waals surface area (Å²) >= 11 is 3.48. The Hall–Kier alpha value is -0.610. The van der Waals surface area contributed by atoms with Crippen LogP contribution in [0.2, 0.25) is 0 Å². The average molecular weight is 256 g/mol. The number of aromatic nitrogens is 1. The summed E-state index contributed by atoms with van der Waals surface area (Å²) in [4.78, 5) is 4.29. The summed E-state index contributed by atoms with van der Waals surface area (Å²) < 4.78 is 1.03. The van der Waals surface area contributed by atoms with E-state index in [0.717, 1.165) is 23.4 Å². The number of hydrogen-bond acceptors (Lipinski definition) is 3. The molecule has 1 unspecified atom stereocenters. The zero-order chi connectivity index (χ0) is 9.80. The Kier molecular flexibility index (Phi) is 3.37. The van der Waals surface area contributed by atoms with E-state index in [1.807, 2.05) is 18.3 Å². The molecule has 0 aliphatic carbocycles. The van der Waals surface area contributed by atoms with Gasteiger partial charge in [-0.25, -0.2) is 4.98 Å². The fraction of sp³-hybridized carbons (Fsp3) is 0.500. The van der Waals surface area contributed by atoms with Crippen molar-refractivity contribution in [3.8, 4) is 0 Å². The molecular weight excluding hydrogens is 242 g/mol. The molecule has 0 radical (unpaired) electrons. The van der Waals surface area contributed by atoms with E-state index < -0.39 is 0 Å². The summed E-state index contributed by atoms with van der Waals surface area (Å²) in [5.41, 5.74) is 0. The number of rotatable bonds is 2. The van der Waals surface area contributed by atoms with Crippen molar-refractivity contribution in [1.29, 1.82) is 0 Å². The van der Waals surface area contributed by atoms with Crippen LogP contribution in [0.1, 0.15) is 12.8 Å². The van der Waals surface area contributed by atoms with Crippen molar-refractivity contribution in [2.24, 2.45) is 0 Å². The quantitative estimate of drug-likeness (QED) is 0.849. The lowest BCUT2D eigenvalue weighted by atomic mass is 10.1. The van der Waals surface area contributed by atoms with Crippen molar-refractivity contribution in [3.05, 3.63) is 22.8 Å². The molecule has 0 bridgehead atoms. The van der Waals surface area contributed by atoms with Crippen LogP contribution in [-0.2, 0) is 0 Å². The van der Waals surface area contributed by atoms with E-state index in [2.05, 4.69) is 31.5 Å². The zero-order valence-electron chi connectivity index (χ0n) is 7.96. The largest absolute Gasteiger partial charge is 0.365 e. The van der Waals surface area contributed by atoms with Crippen LogP contribution in [0.15, 0.2) is 22.8 Å². The highest BCUT2D eigenvalue weighted by Gasteiger charge is 2.13. The zero-order valence-corrected chi connectivity index (χ0v) is 9.55. The van der Waals surface area contributed by atoms with Crippen molar-refractivity contribution in [3.63, 3.8) is 0 Å². The summed E-state index contributed by atoms with van der Waals surface area (Å²) in [6, 6.07) is 4.44. The molecule has 76 valence electrons. The van der Waals surface area contributed by atoms with E-state index in [0.29, 0.717) is 6.04 Å². The summed E-state index contributed by atoms with van der Waals surface area (Å²) in [6.07, 6.45) is 4.27. The molecule has 1 fully saturated rings. The molecule has 1 aromatic rings. The monoisotopic (exact) mass is 255 g/mol. The van der Waals surface area contributed by atoms with Crippen LogP contribution < -0.4 is 10.6 Å². The lowest BCUT2D eigenvalue weighted by molar-refractivity contribution is 0.479. The van der Waals surface area contributed by atoms with Gasteiger partial charge in [0.25, 0.3) is 0 Å². The van der Waals surface area contributed by atoms with Crippen LogP contribution in [-0.4, -0.2) is 24.1 Å². The van der Waals surface area contributed by atoms with Gasteiger partial charge in [-0.2, -0.15) is 0 Å². The maximum absolute atomic E-state index is 4.29. The van der Waals surface area contributed by atoms with Gasteiger partial charge in [-0.05, 0) is 47.4 Å². The first-order valence-electron chi connectivity index (χ1n) is 4.94. The van der Waals surface area contributed by atoms with E-state index in [1.165, 1.54) is 12.8 Å². The van der Waals surface area contributed by atoms with E-state index in [4.69, 9.17) is 0 Å². The number of nitrogens with one attached hydrogen (secondary N) is 2. The van der Waals surface area contributed by atoms with Crippen LogP contribution in [0.5, 0.6) is 0 Å². The SMILES string of the molecule is Brc1cccnc1NC1CCCNC1. The molecule has 2 rings (SSSR count). The molecule has 4 heteroatoms. The molecule has 3 nitrogen and oxygen atoms in total. The van der Waals surface area contributed by atoms with Crippen molar-refractivity contribution in [2.45, 2.75) is 18.9 Å². The number of anilines is 1. The minimum Gasteiger partial charge on any atom is -0.365 e. The molecule has 1 aliphatic rings. The second kappa shape index (κ2) is 4.75. The number of piperidine rings is 1. The van der Waals surface area contributed by atoms with Gasteiger partial charge in [0.2, 0.25) is 0 Å². The summed E-state index contributed by atoms with van der Waals surface area (Å²) in [5.74, 6) is 0.946. The Morgan fingerprint density at radius 3 is 3.21 bits per heavy atom. The minimum atomic E-state index is 0.509. The van der Waals surface area contributed by atoms with Gasteiger partial charge >= 0.3 is 0 Å². The molecule has 0 saturated carbocycles. The highest BCUT2D eigenvalue weighted by atomic mass is 79.9. The predicted octanol–water partition coefficient (Wildman–Crippen LogP) is 2.01. The smallest absolute Gasteiger partial charge is 0.140 e. The fourth-order valence-corrected chi connectivity index (χ4v) is 2.03. The Morgan fingerprint density at radius 2 is 2.50 bits per heavy atom. The standard InChI is InChI=1S/C10H14BrN3/c11-9-4-2-6-13-10(9)14-8-3-1-5-12-7-8/h2,4,6,8,12H,1,3,5,7H2,(H,13,14). The molecule has 0 spiro atoms. The number of nitrogens with zero attached hydrogens (tertiary/aromatic N) is 1. The molecule has 2 heterocycles. The highest BCUT2D eigenvalue weighted by Crippen LogP contribution is 2.20. The Bertz CT molecular complexity index is 297. The third kappa shape index (κ3) is 2.45. The normalized spacial score (nSPS) is 21.9. The van der Waals surface area contributed by atoms with Crippen molar-refractivity contribution < 1.29 is 0 Å². The van der Waals surface area contributed by atoms with Crippen LogP contribution in [0.3, 0.4) is 0 Å². The summed E-state index contributed by atoms with van der Waals surface area (Å²) in [5, 5.41) is 6.80. The first kappa shape index (κ1) is 9.93. The van der Waals surface area contributed by atoms with Crippen LogP contribution in [0.25, 0.3) is 0 Å². The van der Waals surface area contributed by atoms with Crippen LogP contribution in [0, 0.1) is 0 Å². The van der Waals surface area contributed by atoms with Gasteiger partial charge < -0.3 is 10.6 Å².